The highest BCUT2D eigenvalue weighted by molar-refractivity contribution is 9.10. The fourth-order valence-electron chi connectivity index (χ4n) is 3.15. The van der Waals surface area contributed by atoms with Crippen LogP contribution in [0.25, 0.3) is 0 Å². The van der Waals surface area contributed by atoms with E-state index in [1.54, 1.807) is 6.07 Å². The average Bonchev–Trinajstić information content (AvgIpc) is 2.48. The first-order chi connectivity index (χ1) is 10.0. The molecule has 0 aliphatic heterocycles. The van der Waals surface area contributed by atoms with Crippen LogP contribution in [0.2, 0.25) is 0 Å². The van der Waals surface area contributed by atoms with E-state index in [2.05, 4.69) is 27.8 Å². The number of nitrogens with zero attached hydrogens (tertiary/aromatic N) is 1. The topological polar surface area (TPSA) is 66.6 Å². The van der Waals surface area contributed by atoms with Gasteiger partial charge in [-0.2, -0.15) is 0 Å². The Bertz CT molecular complexity index is 519. The quantitative estimate of drug-likeness (QED) is 0.734. The van der Waals surface area contributed by atoms with Crippen molar-refractivity contribution in [3.05, 3.63) is 27.7 Å². The molecule has 0 saturated heterocycles. The van der Waals surface area contributed by atoms with Crippen molar-refractivity contribution in [2.75, 3.05) is 12.3 Å². The maximum absolute atomic E-state index is 11.3. The van der Waals surface area contributed by atoms with E-state index < -0.39 is 5.97 Å². The predicted molar refractivity (Wildman–Crippen MR) is 95.7 cm³/mol. The third-order valence-corrected chi connectivity index (χ3v) is 4.79. The predicted octanol–water partition coefficient (Wildman–Crippen LogP) is 4.31. The maximum atomic E-state index is 11.3. The molecule has 2 rings (SSSR count). The molecule has 4 nitrogen and oxygen atoms in total. The second-order valence-corrected chi connectivity index (χ2v) is 6.60. The molecule has 1 fully saturated rings. The molecule has 0 spiro atoms. The molecule has 0 heterocycles. The van der Waals surface area contributed by atoms with Gasteiger partial charge in [0.2, 0.25) is 0 Å². The van der Waals surface area contributed by atoms with Crippen molar-refractivity contribution in [1.82, 2.24) is 4.90 Å². The van der Waals surface area contributed by atoms with E-state index in [1.165, 1.54) is 32.1 Å². The summed E-state index contributed by atoms with van der Waals surface area (Å²) in [5.41, 5.74) is 7.52. The van der Waals surface area contributed by atoms with E-state index >= 15 is 0 Å². The molecule has 0 bridgehead atoms. The molecule has 1 aliphatic rings. The number of aromatic carboxylic acids is 1. The Kier molecular flexibility index (Phi) is 7.66. The van der Waals surface area contributed by atoms with Gasteiger partial charge in [-0.15, -0.1) is 12.4 Å². The molecule has 0 unspecified atom stereocenters. The SMILES string of the molecule is CCN(Cc1cc(Br)cc(C(=O)O)c1N)C1CCCCC1.Cl. The van der Waals surface area contributed by atoms with Gasteiger partial charge in [0.05, 0.1) is 11.3 Å². The normalized spacial score (nSPS) is 15.6. The lowest BCUT2D eigenvalue weighted by molar-refractivity contribution is 0.0697. The number of anilines is 1. The van der Waals surface area contributed by atoms with Crippen LogP contribution in [0.1, 0.15) is 54.9 Å². The summed E-state index contributed by atoms with van der Waals surface area (Å²) < 4.78 is 0.767. The minimum atomic E-state index is -0.976. The van der Waals surface area contributed by atoms with Crippen molar-refractivity contribution in [2.24, 2.45) is 0 Å². The summed E-state index contributed by atoms with van der Waals surface area (Å²) >= 11 is 3.39. The van der Waals surface area contributed by atoms with E-state index in [-0.39, 0.29) is 18.0 Å². The van der Waals surface area contributed by atoms with E-state index in [4.69, 9.17) is 5.73 Å². The van der Waals surface area contributed by atoms with E-state index in [0.29, 0.717) is 18.3 Å². The van der Waals surface area contributed by atoms with Gasteiger partial charge in [-0.3, -0.25) is 4.90 Å². The summed E-state index contributed by atoms with van der Waals surface area (Å²) in [5, 5.41) is 9.24. The summed E-state index contributed by atoms with van der Waals surface area (Å²) in [6, 6.07) is 4.10. The highest BCUT2D eigenvalue weighted by atomic mass is 79.9. The van der Waals surface area contributed by atoms with Crippen LogP contribution in [0.15, 0.2) is 16.6 Å². The third-order valence-electron chi connectivity index (χ3n) is 4.33. The molecule has 1 aromatic carbocycles. The second kappa shape index (κ2) is 8.75. The van der Waals surface area contributed by atoms with Gasteiger partial charge in [0.15, 0.2) is 0 Å². The van der Waals surface area contributed by atoms with E-state index in [0.717, 1.165) is 16.6 Å². The Labute approximate surface area is 146 Å². The number of hydrogen-bond donors (Lipinski definition) is 2. The standard InChI is InChI=1S/C16H23BrN2O2.ClH/c1-2-19(13-6-4-3-5-7-13)10-11-8-12(17)9-14(15(11)18)16(20)21;/h8-9,13H,2-7,10,18H2,1H3,(H,20,21);1H. The molecule has 0 radical (unpaired) electrons. The van der Waals surface area contributed by atoms with Crippen LogP contribution in [0.5, 0.6) is 0 Å². The zero-order chi connectivity index (χ0) is 15.4. The molecule has 22 heavy (non-hydrogen) atoms. The first-order valence-corrected chi connectivity index (χ1v) is 8.37. The van der Waals surface area contributed by atoms with Gasteiger partial charge in [0.25, 0.3) is 0 Å². The van der Waals surface area contributed by atoms with Crippen molar-refractivity contribution in [3.8, 4) is 0 Å². The van der Waals surface area contributed by atoms with Gasteiger partial charge in [0, 0.05) is 17.1 Å². The van der Waals surface area contributed by atoms with Crippen LogP contribution >= 0.6 is 28.3 Å². The molecule has 0 atom stereocenters. The zero-order valence-corrected chi connectivity index (χ0v) is 15.3. The van der Waals surface area contributed by atoms with Crippen LogP contribution in [0.4, 0.5) is 5.69 Å². The summed E-state index contributed by atoms with van der Waals surface area (Å²) in [6.07, 6.45) is 6.36. The van der Waals surface area contributed by atoms with Crippen molar-refractivity contribution in [2.45, 2.75) is 51.6 Å². The molecule has 124 valence electrons. The van der Waals surface area contributed by atoms with Crippen molar-refractivity contribution in [3.63, 3.8) is 0 Å². The molecule has 0 amide bonds. The van der Waals surface area contributed by atoms with Crippen LogP contribution < -0.4 is 5.73 Å². The number of benzene rings is 1. The number of hydrogen-bond acceptors (Lipinski definition) is 3. The van der Waals surface area contributed by atoms with Crippen molar-refractivity contribution >= 4 is 40.0 Å². The Morgan fingerprint density at radius 2 is 2.00 bits per heavy atom. The molecular formula is C16H24BrClN2O2. The van der Waals surface area contributed by atoms with Gasteiger partial charge in [0.1, 0.15) is 0 Å². The van der Waals surface area contributed by atoms with Gasteiger partial charge >= 0.3 is 5.97 Å². The number of nitrogen functional groups attached to an aromatic ring is 1. The van der Waals surface area contributed by atoms with Gasteiger partial charge in [-0.25, -0.2) is 4.79 Å². The molecule has 1 aromatic rings. The molecule has 1 aliphatic carbocycles. The highest BCUT2D eigenvalue weighted by Gasteiger charge is 2.22. The Hall–Kier alpha value is -0.780. The van der Waals surface area contributed by atoms with Crippen LogP contribution in [0.3, 0.4) is 0 Å². The number of rotatable bonds is 5. The van der Waals surface area contributed by atoms with Crippen LogP contribution in [0, 0.1) is 0 Å². The summed E-state index contributed by atoms with van der Waals surface area (Å²) in [6.45, 7) is 3.83. The first kappa shape index (κ1) is 19.3. The largest absolute Gasteiger partial charge is 0.478 e. The molecule has 0 aromatic heterocycles. The van der Waals surface area contributed by atoms with Gasteiger partial charge in [-0.1, -0.05) is 42.1 Å². The maximum Gasteiger partial charge on any atom is 0.337 e. The molecule has 6 heteroatoms. The minimum Gasteiger partial charge on any atom is -0.478 e. The first-order valence-electron chi connectivity index (χ1n) is 7.58. The Morgan fingerprint density at radius 1 is 1.36 bits per heavy atom. The molecular weight excluding hydrogens is 368 g/mol. The van der Waals surface area contributed by atoms with Crippen molar-refractivity contribution < 1.29 is 9.90 Å². The summed E-state index contributed by atoms with van der Waals surface area (Å²) in [4.78, 5) is 13.7. The summed E-state index contributed by atoms with van der Waals surface area (Å²) in [5.74, 6) is -0.976. The highest BCUT2D eigenvalue weighted by Crippen LogP contribution is 2.28. The van der Waals surface area contributed by atoms with Gasteiger partial charge < -0.3 is 10.8 Å². The van der Waals surface area contributed by atoms with E-state index in [9.17, 15) is 9.90 Å². The fraction of sp³-hybridized carbons (Fsp3) is 0.562. The Morgan fingerprint density at radius 3 is 2.55 bits per heavy atom. The van der Waals surface area contributed by atoms with Crippen molar-refractivity contribution in [1.29, 1.82) is 0 Å². The van der Waals surface area contributed by atoms with Gasteiger partial charge in [-0.05, 0) is 37.1 Å². The number of halogens is 2. The number of carboxylic acid groups (broad SMARTS) is 1. The van der Waals surface area contributed by atoms with Crippen LogP contribution in [-0.2, 0) is 6.54 Å². The lowest BCUT2D eigenvalue weighted by Gasteiger charge is -2.34. The zero-order valence-electron chi connectivity index (χ0n) is 12.8. The molecule has 1 saturated carbocycles. The lowest BCUT2D eigenvalue weighted by Crippen LogP contribution is -2.36. The monoisotopic (exact) mass is 390 g/mol. The smallest absolute Gasteiger partial charge is 0.337 e. The van der Waals surface area contributed by atoms with E-state index in [1.807, 2.05) is 6.07 Å². The number of carbonyl (C=O) groups is 1. The summed E-state index contributed by atoms with van der Waals surface area (Å²) in [7, 11) is 0. The van der Waals surface area contributed by atoms with Crippen LogP contribution in [-0.4, -0.2) is 28.6 Å². The Balaban J connectivity index is 0.00000242. The fourth-order valence-corrected chi connectivity index (χ4v) is 3.65. The average molecular weight is 392 g/mol. The second-order valence-electron chi connectivity index (χ2n) is 5.69. The third kappa shape index (κ3) is 4.61. The number of carboxylic acids is 1. The minimum absolute atomic E-state index is 0. The lowest BCUT2D eigenvalue weighted by atomic mass is 9.93. The molecule has 3 N–H and O–H groups in total. The number of nitrogens with two attached hydrogens (primary N) is 1.